The van der Waals surface area contributed by atoms with Crippen LogP contribution in [0.4, 0.5) is 0 Å². The highest BCUT2D eigenvalue weighted by molar-refractivity contribution is 5.85. The number of carboxylic acids is 1. The summed E-state index contributed by atoms with van der Waals surface area (Å²) in [5.74, 6) is 0.197. The smallest absolute Gasteiger partial charge is 0.310 e. The number of amides is 1. The van der Waals surface area contributed by atoms with E-state index >= 15 is 0 Å². The lowest BCUT2D eigenvalue weighted by Crippen LogP contribution is -2.39. The van der Waals surface area contributed by atoms with Crippen LogP contribution in [0, 0.1) is 5.41 Å². The topological polar surface area (TPSA) is 88.8 Å². The Morgan fingerprint density at radius 1 is 1.30 bits per heavy atom. The molecule has 0 bridgehead atoms. The predicted molar refractivity (Wildman–Crippen MR) is 86.1 cm³/mol. The molecule has 130 valence electrons. The normalized spacial score (nSPS) is 12.9. The van der Waals surface area contributed by atoms with Crippen molar-refractivity contribution >= 4 is 11.9 Å². The minimum absolute atomic E-state index is 0.0586. The maximum Gasteiger partial charge on any atom is 0.310 e. The Balaban J connectivity index is 2.83. The van der Waals surface area contributed by atoms with Gasteiger partial charge in [-0.1, -0.05) is 20.8 Å². The van der Waals surface area contributed by atoms with Gasteiger partial charge in [0.2, 0.25) is 5.91 Å². The van der Waals surface area contributed by atoms with Crippen LogP contribution in [-0.4, -0.2) is 30.7 Å². The fourth-order valence-corrected chi connectivity index (χ4v) is 2.56. The number of hydrogen-bond donors (Lipinski definition) is 2. The minimum atomic E-state index is -1.03. The second-order valence-corrected chi connectivity index (χ2v) is 5.70. The number of carbonyl (C=O) groups excluding carboxylic acids is 1. The van der Waals surface area contributed by atoms with E-state index < -0.39 is 17.4 Å². The van der Waals surface area contributed by atoms with Gasteiger partial charge in [0.1, 0.15) is 17.6 Å². The molecule has 1 aromatic heterocycles. The molecule has 0 aromatic carbocycles. The van der Waals surface area contributed by atoms with Crippen molar-refractivity contribution in [3.63, 3.8) is 0 Å². The average Bonchev–Trinajstić information content (AvgIpc) is 3.01. The Kier molecular flexibility index (Phi) is 7.29. The highest BCUT2D eigenvalue weighted by atomic mass is 16.5. The maximum absolute atomic E-state index is 12.3. The van der Waals surface area contributed by atoms with Crippen molar-refractivity contribution in [2.75, 3.05) is 13.7 Å². The number of carbonyl (C=O) groups is 2. The maximum atomic E-state index is 12.3. The number of methoxy groups -OCH3 is 1. The van der Waals surface area contributed by atoms with Crippen LogP contribution in [0.15, 0.2) is 16.5 Å². The van der Waals surface area contributed by atoms with Gasteiger partial charge >= 0.3 is 5.97 Å². The molecule has 6 nitrogen and oxygen atoms in total. The molecule has 0 saturated heterocycles. The molecule has 1 atom stereocenters. The zero-order valence-electron chi connectivity index (χ0n) is 14.3. The molecule has 6 heteroatoms. The van der Waals surface area contributed by atoms with E-state index in [1.165, 1.54) is 0 Å². The summed E-state index contributed by atoms with van der Waals surface area (Å²) in [7, 11) is 1.54. The number of aryl methyl sites for hydroxylation is 1. The monoisotopic (exact) mass is 325 g/mol. The molecule has 1 rings (SSSR count). The van der Waals surface area contributed by atoms with Gasteiger partial charge in [0, 0.05) is 20.0 Å². The van der Waals surface area contributed by atoms with E-state index in [1.54, 1.807) is 21.0 Å². The van der Waals surface area contributed by atoms with E-state index in [0.29, 0.717) is 18.6 Å². The predicted octanol–water partition coefficient (Wildman–Crippen LogP) is 2.93. The molecule has 23 heavy (non-hydrogen) atoms. The molecule has 0 fully saturated rings. The molecule has 0 saturated carbocycles. The fourth-order valence-electron chi connectivity index (χ4n) is 2.56. The van der Waals surface area contributed by atoms with Crippen molar-refractivity contribution in [2.45, 2.75) is 52.5 Å². The summed E-state index contributed by atoms with van der Waals surface area (Å²) >= 11 is 0. The van der Waals surface area contributed by atoms with Gasteiger partial charge < -0.3 is 19.6 Å². The first-order valence-corrected chi connectivity index (χ1v) is 8.02. The average molecular weight is 325 g/mol. The van der Waals surface area contributed by atoms with E-state index in [-0.39, 0.29) is 18.9 Å². The van der Waals surface area contributed by atoms with Crippen molar-refractivity contribution in [3.8, 4) is 0 Å². The van der Waals surface area contributed by atoms with Gasteiger partial charge in [0.25, 0.3) is 0 Å². The van der Waals surface area contributed by atoms with Gasteiger partial charge in [0.15, 0.2) is 0 Å². The van der Waals surface area contributed by atoms with Crippen molar-refractivity contribution in [2.24, 2.45) is 5.41 Å². The van der Waals surface area contributed by atoms with Crippen LogP contribution in [-0.2, 0) is 20.7 Å². The van der Waals surface area contributed by atoms with Crippen molar-refractivity contribution in [1.29, 1.82) is 0 Å². The second-order valence-electron chi connectivity index (χ2n) is 5.70. The standard InChI is InChI=1S/C17H27NO5/c1-5-12-8-9-14(23-12)13(11-22-4)18-15(19)10-17(6-2,7-3)16(20)21/h8-9,13H,5-7,10-11H2,1-4H3,(H,18,19)(H,20,21). The minimum Gasteiger partial charge on any atom is -0.481 e. The van der Waals surface area contributed by atoms with Crippen molar-refractivity contribution in [1.82, 2.24) is 5.32 Å². The Bertz CT molecular complexity index is 519. The van der Waals surface area contributed by atoms with Gasteiger partial charge in [0.05, 0.1) is 12.0 Å². The first-order chi connectivity index (χ1) is 10.9. The quantitative estimate of drug-likeness (QED) is 0.690. The fraction of sp³-hybridized carbons (Fsp3) is 0.647. The largest absolute Gasteiger partial charge is 0.481 e. The van der Waals surface area contributed by atoms with Crippen LogP contribution in [0.3, 0.4) is 0 Å². The third-order valence-corrected chi connectivity index (χ3v) is 4.35. The lowest BCUT2D eigenvalue weighted by molar-refractivity contribution is -0.152. The molecule has 1 heterocycles. The Hall–Kier alpha value is -1.82. The zero-order chi connectivity index (χ0) is 17.5. The Morgan fingerprint density at radius 3 is 2.39 bits per heavy atom. The van der Waals surface area contributed by atoms with Crippen LogP contribution in [0.1, 0.15) is 57.6 Å². The summed E-state index contributed by atoms with van der Waals surface area (Å²) in [4.78, 5) is 23.9. The SMILES string of the molecule is CCc1ccc(C(COC)NC(=O)CC(CC)(CC)C(=O)O)o1. The number of nitrogens with one attached hydrogen (secondary N) is 1. The number of furan rings is 1. The van der Waals surface area contributed by atoms with Crippen LogP contribution in [0.25, 0.3) is 0 Å². The molecule has 2 N–H and O–H groups in total. The van der Waals surface area contributed by atoms with Gasteiger partial charge in [-0.15, -0.1) is 0 Å². The van der Waals surface area contributed by atoms with E-state index in [0.717, 1.165) is 12.2 Å². The molecule has 1 amide bonds. The highest BCUT2D eigenvalue weighted by Crippen LogP contribution is 2.31. The molecule has 0 aliphatic heterocycles. The summed E-state index contributed by atoms with van der Waals surface area (Å²) in [5.41, 5.74) is -1.03. The van der Waals surface area contributed by atoms with E-state index in [1.807, 2.05) is 19.1 Å². The van der Waals surface area contributed by atoms with Crippen molar-refractivity contribution in [3.05, 3.63) is 23.7 Å². The number of carboxylic acid groups (broad SMARTS) is 1. The molecule has 1 unspecified atom stereocenters. The highest BCUT2D eigenvalue weighted by Gasteiger charge is 2.37. The molecular formula is C17H27NO5. The summed E-state index contributed by atoms with van der Waals surface area (Å²) in [6.45, 7) is 5.83. The van der Waals surface area contributed by atoms with Crippen molar-refractivity contribution < 1.29 is 23.8 Å². The Labute approximate surface area is 137 Å². The summed E-state index contributed by atoms with van der Waals surface area (Å²) in [5, 5.41) is 12.3. The van der Waals surface area contributed by atoms with Gasteiger partial charge in [-0.05, 0) is 25.0 Å². The first kappa shape index (κ1) is 19.2. The third-order valence-electron chi connectivity index (χ3n) is 4.35. The number of rotatable bonds is 10. The van der Waals surface area contributed by atoms with Gasteiger partial charge in [-0.3, -0.25) is 9.59 Å². The number of ether oxygens (including phenoxy) is 1. The molecule has 0 radical (unpaired) electrons. The summed E-state index contributed by atoms with van der Waals surface area (Å²) < 4.78 is 10.8. The lowest BCUT2D eigenvalue weighted by atomic mass is 9.79. The van der Waals surface area contributed by atoms with E-state index in [4.69, 9.17) is 9.15 Å². The Morgan fingerprint density at radius 2 is 1.96 bits per heavy atom. The molecular weight excluding hydrogens is 298 g/mol. The van der Waals surface area contributed by atoms with Crippen LogP contribution >= 0.6 is 0 Å². The van der Waals surface area contributed by atoms with Crippen LogP contribution in [0.5, 0.6) is 0 Å². The zero-order valence-corrected chi connectivity index (χ0v) is 14.3. The van der Waals surface area contributed by atoms with Gasteiger partial charge in [-0.25, -0.2) is 0 Å². The lowest BCUT2D eigenvalue weighted by Gasteiger charge is -2.27. The summed E-state index contributed by atoms with van der Waals surface area (Å²) in [6.07, 6.45) is 1.52. The number of hydrogen-bond acceptors (Lipinski definition) is 4. The van der Waals surface area contributed by atoms with E-state index in [2.05, 4.69) is 5.32 Å². The van der Waals surface area contributed by atoms with Crippen LogP contribution in [0.2, 0.25) is 0 Å². The first-order valence-electron chi connectivity index (χ1n) is 8.02. The van der Waals surface area contributed by atoms with E-state index in [9.17, 15) is 14.7 Å². The van der Waals surface area contributed by atoms with Gasteiger partial charge in [-0.2, -0.15) is 0 Å². The summed E-state index contributed by atoms with van der Waals surface area (Å²) in [6, 6.07) is 3.25. The molecule has 1 aromatic rings. The molecule has 0 aliphatic rings. The third kappa shape index (κ3) is 4.82. The molecule has 0 aliphatic carbocycles. The molecule has 0 spiro atoms. The van der Waals surface area contributed by atoms with Crippen LogP contribution < -0.4 is 5.32 Å². The number of aliphatic carboxylic acids is 1. The second kappa shape index (κ2) is 8.72.